The number of nitrogens with zero attached hydrogens (tertiary/aromatic N) is 4. The van der Waals surface area contributed by atoms with Crippen LogP contribution in [0.2, 0.25) is 0 Å². The molecule has 0 saturated carbocycles. The number of para-hydroxylation sites is 1. The molecule has 1 atom stereocenters. The molecule has 3 aromatic carbocycles. The largest absolute Gasteiger partial charge is 0.322 e. The quantitative estimate of drug-likeness (QED) is 0.240. The minimum atomic E-state index is -0.286. The van der Waals surface area contributed by atoms with Gasteiger partial charge in [0, 0.05) is 22.3 Å². The first-order chi connectivity index (χ1) is 19.1. The van der Waals surface area contributed by atoms with Crippen LogP contribution in [-0.2, 0) is 13.0 Å². The Bertz CT molecular complexity index is 1620. The summed E-state index contributed by atoms with van der Waals surface area (Å²) >= 11 is 1.66. The molecular formula is C32H31N5OS. The van der Waals surface area contributed by atoms with Crippen molar-refractivity contribution < 1.29 is 4.79 Å². The first-order valence-corrected chi connectivity index (χ1v) is 14.4. The van der Waals surface area contributed by atoms with Crippen molar-refractivity contribution in [2.24, 2.45) is 0 Å². The molecule has 3 heterocycles. The maximum absolute atomic E-state index is 14.1. The standard InChI is InChI=1S/C32H31N5OS/c1-4-23-15-17-24(18-16-23)30-29-14-9-19-35(29)31-28(22(2)34-37(31)26-11-6-5-7-12-26)21-36(30)32(38)33-25-10-8-13-27(20-25)39-3/h5-20,30H,4,21H2,1-3H3,(H,33,38). The molecule has 6 nitrogen and oxygen atoms in total. The summed E-state index contributed by atoms with van der Waals surface area (Å²) in [4.78, 5) is 17.2. The summed E-state index contributed by atoms with van der Waals surface area (Å²) in [5.74, 6) is 0.966. The number of aromatic nitrogens is 3. The van der Waals surface area contributed by atoms with Gasteiger partial charge in [-0.2, -0.15) is 5.10 Å². The number of hydrogen-bond acceptors (Lipinski definition) is 3. The van der Waals surface area contributed by atoms with Gasteiger partial charge in [-0.3, -0.25) is 0 Å². The Balaban J connectivity index is 1.51. The van der Waals surface area contributed by atoms with Gasteiger partial charge in [0.1, 0.15) is 5.82 Å². The number of anilines is 1. The first-order valence-electron chi connectivity index (χ1n) is 13.2. The fourth-order valence-corrected chi connectivity index (χ4v) is 5.79. The molecule has 0 fully saturated rings. The van der Waals surface area contributed by atoms with E-state index in [2.05, 4.69) is 65.5 Å². The number of urea groups is 1. The van der Waals surface area contributed by atoms with Crippen molar-refractivity contribution in [1.29, 1.82) is 0 Å². The lowest BCUT2D eigenvalue weighted by Crippen LogP contribution is -2.38. The van der Waals surface area contributed by atoms with Crippen LogP contribution in [0.3, 0.4) is 0 Å². The fraction of sp³-hybridized carbons (Fsp3) is 0.188. The number of benzene rings is 3. The van der Waals surface area contributed by atoms with E-state index in [0.29, 0.717) is 6.54 Å². The highest BCUT2D eigenvalue weighted by Gasteiger charge is 2.36. The van der Waals surface area contributed by atoms with E-state index in [4.69, 9.17) is 5.10 Å². The smallest absolute Gasteiger partial charge is 0.308 e. The first kappa shape index (κ1) is 25.1. The van der Waals surface area contributed by atoms with E-state index in [0.717, 1.165) is 51.0 Å². The van der Waals surface area contributed by atoms with E-state index >= 15 is 0 Å². The van der Waals surface area contributed by atoms with Crippen LogP contribution in [-0.4, -0.2) is 31.5 Å². The number of thioether (sulfide) groups is 1. The molecule has 6 rings (SSSR count). The maximum Gasteiger partial charge on any atom is 0.322 e. The van der Waals surface area contributed by atoms with Crippen molar-refractivity contribution in [3.63, 3.8) is 0 Å². The van der Waals surface area contributed by atoms with Crippen molar-refractivity contribution in [3.05, 3.63) is 125 Å². The zero-order valence-electron chi connectivity index (χ0n) is 22.3. The third kappa shape index (κ3) is 4.63. The second kappa shape index (κ2) is 10.5. The summed E-state index contributed by atoms with van der Waals surface area (Å²) in [6.45, 7) is 4.60. The third-order valence-corrected chi connectivity index (χ3v) is 8.10. The zero-order valence-corrected chi connectivity index (χ0v) is 23.2. The molecule has 0 aliphatic carbocycles. The van der Waals surface area contributed by atoms with E-state index in [1.54, 1.807) is 11.8 Å². The average Bonchev–Trinajstić information content (AvgIpc) is 3.54. The van der Waals surface area contributed by atoms with Crippen LogP contribution in [0.15, 0.2) is 102 Å². The normalized spacial score (nSPS) is 14.4. The average molecular weight is 534 g/mol. The van der Waals surface area contributed by atoms with Crippen LogP contribution in [0, 0.1) is 6.92 Å². The molecule has 5 aromatic rings. The summed E-state index contributed by atoms with van der Waals surface area (Å²) in [6, 6.07) is 30.5. The van der Waals surface area contributed by atoms with Gasteiger partial charge in [-0.25, -0.2) is 9.48 Å². The number of rotatable bonds is 5. The fourth-order valence-electron chi connectivity index (χ4n) is 5.33. The van der Waals surface area contributed by atoms with Crippen molar-refractivity contribution in [2.75, 3.05) is 11.6 Å². The Labute approximate surface area is 233 Å². The molecule has 1 N–H and O–H groups in total. The zero-order chi connectivity index (χ0) is 26.9. The van der Waals surface area contributed by atoms with Crippen LogP contribution < -0.4 is 5.32 Å². The molecule has 196 valence electrons. The molecular weight excluding hydrogens is 502 g/mol. The molecule has 7 heteroatoms. The SMILES string of the molecule is CCc1ccc(C2c3cccn3-c3c(c(C)nn3-c3ccccc3)CN2C(=O)Nc2cccc(SC)c2)cc1. The molecule has 2 amide bonds. The number of carbonyl (C=O) groups excluding carboxylic acids is 1. The van der Waals surface area contributed by atoms with Gasteiger partial charge in [0.15, 0.2) is 0 Å². The Morgan fingerprint density at radius 2 is 1.79 bits per heavy atom. The van der Waals surface area contributed by atoms with Gasteiger partial charge < -0.3 is 14.8 Å². The number of amides is 2. The predicted molar refractivity (Wildman–Crippen MR) is 158 cm³/mol. The van der Waals surface area contributed by atoms with Crippen molar-refractivity contribution >= 4 is 23.5 Å². The van der Waals surface area contributed by atoms with Gasteiger partial charge in [-0.15, -0.1) is 11.8 Å². The summed E-state index contributed by atoms with van der Waals surface area (Å²) in [6.07, 6.45) is 5.08. The van der Waals surface area contributed by atoms with E-state index in [9.17, 15) is 4.79 Å². The topological polar surface area (TPSA) is 55.1 Å². The summed E-state index contributed by atoms with van der Waals surface area (Å²) in [5, 5.41) is 8.12. The van der Waals surface area contributed by atoms with Crippen LogP contribution >= 0.6 is 11.8 Å². The number of aryl methyl sites for hydroxylation is 2. The highest BCUT2D eigenvalue weighted by Crippen LogP contribution is 2.39. The molecule has 39 heavy (non-hydrogen) atoms. The summed E-state index contributed by atoms with van der Waals surface area (Å²) < 4.78 is 4.19. The van der Waals surface area contributed by atoms with E-state index in [1.165, 1.54) is 5.56 Å². The van der Waals surface area contributed by atoms with Crippen LogP contribution in [0.25, 0.3) is 11.5 Å². The maximum atomic E-state index is 14.1. The van der Waals surface area contributed by atoms with E-state index < -0.39 is 0 Å². The minimum Gasteiger partial charge on any atom is -0.308 e. The molecule has 1 aliphatic rings. The van der Waals surface area contributed by atoms with E-state index in [1.807, 2.05) is 71.3 Å². The number of nitrogens with one attached hydrogen (secondary N) is 1. The molecule has 0 saturated heterocycles. The van der Waals surface area contributed by atoms with Gasteiger partial charge in [-0.1, -0.05) is 55.5 Å². The van der Waals surface area contributed by atoms with Gasteiger partial charge in [0.25, 0.3) is 0 Å². The predicted octanol–water partition coefficient (Wildman–Crippen LogP) is 7.39. The van der Waals surface area contributed by atoms with Gasteiger partial charge in [-0.05, 0) is 73.2 Å². The van der Waals surface area contributed by atoms with Crippen molar-refractivity contribution in [2.45, 2.75) is 37.8 Å². The van der Waals surface area contributed by atoms with Crippen LogP contribution in [0.4, 0.5) is 10.5 Å². The molecule has 0 radical (unpaired) electrons. The van der Waals surface area contributed by atoms with E-state index in [-0.39, 0.29) is 12.1 Å². The van der Waals surface area contributed by atoms with Crippen molar-refractivity contribution in [3.8, 4) is 11.5 Å². The highest BCUT2D eigenvalue weighted by molar-refractivity contribution is 7.98. The number of carbonyl (C=O) groups is 1. The molecule has 2 aromatic heterocycles. The monoisotopic (exact) mass is 533 g/mol. The van der Waals surface area contributed by atoms with Crippen LogP contribution in [0.1, 0.15) is 41.0 Å². The Hall–Kier alpha value is -4.23. The molecule has 0 bridgehead atoms. The van der Waals surface area contributed by atoms with Gasteiger partial charge >= 0.3 is 6.03 Å². The van der Waals surface area contributed by atoms with Gasteiger partial charge in [0.05, 0.1) is 29.7 Å². The lowest BCUT2D eigenvalue weighted by Gasteiger charge is -2.31. The summed E-state index contributed by atoms with van der Waals surface area (Å²) in [5.41, 5.74) is 7.05. The van der Waals surface area contributed by atoms with Crippen molar-refractivity contribution in [1.82, 2.24) is 19.2 Å². The van der Waals surface area contributed by atoms with Crippen LogP contribution in [0.5, 0.6) is 0 Å². The molecule has 1 unspecified atom stereocenters. The Kier molecular flexibility index (Phi) is 6.75. The number of hydrogen-bond donors (Lipinski definition) is 1. The Morgan fingerprint density at radius 1 is 1.00 bits per heavy atom. The second-order valence-corrected chi connectivity index (χ2v) is 10.6. The van der Waals surface area contributed by atoms with Gasteiger partial charge in [0.2, 0.25) is 0 Å². The lowest BCUT2D eigenvalue weighted by atomic mass is 9.99. The highest BCUT2D eigenvalue weighted by atomic mass is 32.2. The summed E-state index contributed by atoms with van der Waals surface area (Å²) in [7, 11) is 0. The third-order valence-electron chi connectivity index (χ3n) is 7.37. The minimum absolute atomic E-state index is 0.148. The number of fused-ring (bicyclic) bond motifs is 3. The molecule has 0 spiro atoms. The Morgan fingerprint density at radius 3 is 2.54 bits per heavy atom. The lowest BCUT2D eigenvalue weighted by molar-refractivity contribution is 0.194. The second-order valence-electron chi connectivity index (χ2n) is 9.73. The molecule has 1 aliphatic heterocycles.